The Balaban J connectivity index is 1.52. The number of ether oxygens (including phenoxy) is 2. The highest BCUT2D eigenvalue weighted by molar-refractivity contribution is 8.00. The van der Waals surface area contributed by atoms with Crippen molar-refractivity contribution in [2.24, 2.45) is 7.05 Å². The number of ketones is 1. The van der Waals surface area contributed by atoms with Crippen molar-refractivity contribution in [3.63, 3.8) is 0 Å². The molecule has 6 nitrogen and oxygen atoms in total. The van der Waals surface area contributed by atoms with Crippen molar-refractivity contribution in [1.29, 1.82) is 0 Å². The molecule has 0 aliphatic carbocycles. The summed E-state index contributed by atoms with van der Waals surface area (Å²) >= 11 is 1.39. The van der Waals surface area contributed by atoms with Crippen molar-refractivity contribution in [2.75, 3.05) is 7.11 Å². The van der Waals surface area contributed by atoms with Gasteiger partial charge in [-0.05, 0) is 29.8 Å². The zero-order valence-corrected chi connectivity index (χ0v) is 18.7. The van der Waals surface area contributed by atoms with Gasteiger partial charge in [0.25, 0.3) is 0 Å². The van der Waals surface area contributed by atoms with Gasteiger partial charge < -0.3 is 14.0 Å². The maximum absolute atomic E-state index is 13.3. The van der Waals surface area contributed by atoms with Gasteiger partial charge in [-0.15, -0.1) is 10.2 Å². The van der Waals surface area contributed by atoms with Gasteiger partial charge in [-0.1, -0.05) is 72.4 Å². The molecular weight excluding hydrogens is 422 g/mol. The number of Topliss-reactive ketones (excluding diaryl/α,β-unsaturated/α-hetero) is 1. The predicted molar refractivity (Wildman–Crippen MR) is 124 cm³/mol. The molecule has 4 rings (SSSR count). The number of methoxy groups -OCH3 is 1. The Bertz CT molecular complexity index is 1160. The first-order valence-electron chi connectivity index (χ1n) is 10.1. The summed E-state index contributed by atoms with van der Waals surface area (Å²) in [4.78, 5) is 13.3. The summed E-state index contributed by atoms with van der Waals surface area (Å²) in [5.41, 5.74) is 1.59. The molecule has 0 saturated heterocycles. The van der Waals surface area contributed by atoms with Crippen molar-refractivity contribution >= 4 is 17.5 Å². The summed E-state index contributed by atoms with van der Waals surface area (Å²) < 4.78 is 12.9. The van der Waals surface area contributed by atoms with Crippen molar-refractivity contribution < 1.29 is 14.3 Å². The van der Waals surface area contributed by atoms with E-state index in [1.807, 2.05) is 96.5 Å². The lowest BCUT2D eigenvalue weighted by Crippen LogP contribution is -2.11. The van der Waals surface area contributed by atoms with E-state index >= 15 is 0 Å². The van der Waals surface area contributed by atoms with Gasteiger partial charge in [-0.2, -0.15) is 0 Å². The van der Waals surface area contributed by atoms with Gasteiger partial charge in [-0.3, -0.25) is 4.79 Å². The van der Waals surface area contributed by atoms with E-state index in [4.69, 9.17) is 9.47 Å². The molecule has 0 amide bonds. The van der Waals surface area contributed by atoms with Crippen LogP contribution < -0.4 is 9.47 Å². The molecule has 1 heterocycles. The number of thioether (sulfide) groups is 1. The SMILES string of the molecule is COc1ccc(OCc2nnc(S[C@@H](C(=O)c3ccccc3)c3ccccc3)n2C)cc1. The van der Waals surface area contributed by atoms with Crippen LogP contribution in [0.3, 0.4) is 0 Å². The lowest BCUT2D eigenvalue weighted by atomic mass is 10.0. The van der Waals surface area contributed by atoms with Crippen molar-refractivity contribution in [2.45, 2.75) is 17.0 Å². The molecule has 1 atom stereocenters. The fourth-order valence-electron chi connectivity index (χ4n) is 3.15. The quantitative estimate of drug-likeness (QED) is 0.263. The third-order valence-corrected chi connectivity index (χ3v) is 6.26. The molecule has 0 fully saturated rings. The zero-order valence-electron chi connectivity index (χ0n) is 17.8. The van der Waals surface area contributed by atoms with Gasteiger partial charge in [0.15, 0.2) is 16.8 Å². The molecule has 162 valence electrons. The van der Waals surface area contributed by atoms with E-state index in [2.05, 4.69) is 10.2 Å². The Kier molecular flexibility index (Phi) is 6.87. The summed E-state index contributed by atoms with van der Waals surface area (Å²) in [6, 6.07) is 26.4. The van der Waals surface area contributed by atoms with Gasteiger partial charge in [0.05, 0.1) is 7.11 Å². The van der Waals surface area contributed by atoms with Gasteiger partial charge in [0, 0.05) is 12.6 Å². The van der Waals surface area contributed by atoms with Crippen molar-refractivity contribution in [3.8, 4) is 11.5 Å². The monoisotopic (exact) mass is 445 g/mol. The smallest absolute Gasteiger partial charge is 0.192 e. The Morgan fingerprint density at radius 3 is 2.19 bits per heavy atom. The van der Waals surface area contributed by atoms with Gasteiger partial charge in [-0.25, -0.2) is 0 Å². The third-order valence-electron chi connectivity index (χ3n) is 4.97. The Morgan fingerprint density at radius 1 is 0.906 bits per heavy atom. The number of carbonyl (C=O) groups excluding carboxylic acids is 1. The van der Waals surface area contributed by atoms with Crippen LogP contribution in [0.5, 0.6) is 11.5 Å². The molecule has 7 heteroatoms. The fourth-order valence-corrected chi connectivity index (χ4v) is 4.25. The summed E-state index contributed by atoms with van der Waals surface area (Å²) in [6.45, 7) is 0.263. The average Bonchev–Trinajstić information content (AvgIpc) is 3.21. The predicted octanol–water partition coefficient (Wildman–Crippen LogP) is 5.12. The fraction of sp³-hybridized carbons (Fsp3) is 0.160. The van der Waals surface area contributed by atoms with E-state index in [1.165, 1.54) is 11.8 Å². The zero-order chi connectivity index (χ0) is 22.3. The Morgan fingerprint density at radius 2 is 1.53 bits per heavy atom. The first-order chi connectivity index (χ1) is 15.7. The minimum Gasteiger partial charge on any atom is -0.497 e. The summed E-state index contributed by atoms with van der Waals surface area (Å²) in [7, 11) is 3.50. The standard InChI is InChI=1S/C25H23N3O3S/c1-28-22(17-31-21-15-13-20(30-2)14-16-21)26-27-25(28)32-24(19-11-7-4-8-12-19)23(29)18-9-5-3-6-10-18/h3-16,24H,17H2,1-2H3/t24-/m1/s1. The number of hydrogen-bond donors (Lipinski definition) is 0. The van der Waals surface area contributed by atoms with Gasteiger partial charge in [0.2, 0.25) is 0 Å². The largest absolute Gasteiger partial charge is 0.497 e. The van der Waals surface area contributed by atoms with Crippen LogP contribution in [-0.4, -0.2) is 27.7 Å². The molecule has 0 bridgehead atoms. The van der Waals surface area contributed by atoms with E-state index in [-0.39, 0.29) is 12.4 Å². The van der Waals surface area contributed by atoms with Crippen molar-refractivity contribution in [3.05, 3.63) is 102 Å². The molecule has 0 saturated carbocycles. The normalized spacial score (nSPS) is 11.7. The van der Waals surface area contributed by atoms with Gasteiger partial charge in [0.1, 0.15) is 23.4 Å². The topological polar surface area (TPSA) is 66.2 Å². The van der Waals surface area contributed by atoms with Crippen molar-refractivity contribution in [1.82, 2.24) is 14.8 Å². The number of nitrogens with zero attached hydrogens (tertiary/aromatic N) is 3. The lowest BCUT2D eigenvalue weighted by molar-refractivity contribution is 0.0989. The van der Waals surface area contributed by atoms with Crippen LogP contribution in [0, 0.1) is 0 Å². The molecule has 0 spiro atoms. The highest BCUT2D eigenvalue weighted by atomic mass is 32.2. The highest BCUT2D eigenvalue weighted by Gasteiger charge is 2.26. The molecular formula is C25H23N3O3S. The van der Waals surface area contributed by atoms with E-state index in [0.717, 1.165) is 11.3 Å². The summed E-state index contributed by atoms with van der Waals surface area (Å²) in [5, 5.41) is 8.81. The summed E-state index contributed by atoms with van der Waals surface area (Å²) in [6.07, 6.45) is 0. The maximum Gasteiger partial charge on any atom is 0.192 e. The van der Waals surface area contributed by atoms with Gasteiger partial charge >= 0.3 is 0 Å². The highest BCUT2D eigenvalue weighted by Crippen LogP contribution is 2.37. The van der Waals surface area contributed by atoms with Crippen LogP contribution in [0.4, 0.5) is 0 Å². The minimum absolute atomic E-state index is 0.0285. The Hall–Kier alpha value is -3.58. The maximum atomic E-state index is 13.3. The van der Waals surface area contributed by atoms with E-state index in [1.54, 1.807) is 7.11 Å². The molecule has 0 N–H and O–H groups in total. The number of hydrogen-bond acceptors (Lipinski definition) is 6. The van der Waals surface area contributed by atoms with Crippen LogP contribution in [0.15, 0.2) is 90.1 Å². The number of carbonyl (C=O) groups is 1. The molecule has 0 radical (unpaired) electrons. The number of rotatable bonds is 9. The van der Waals surface area contributed by atoms with Crippen LogP contribution >= 0.6 is 11.8 Å². The molecule has 0 aliphatic rings. The second kappa shape index (κ2) is 10.2. The third kappa shape index (κ3) is 5.00. The molecule has 4 aromatic rings. The molecule has 0 unspecified atom stereocenters. The minimum atomic E-state index is -0.433. The first kappa shape index (κ1) is 21.6. The molecule has 3 aromatic carbocycles. The second-order valence-corrected chi connectivity index (χ2v) is 8.13. The Labute approximate surface area is 191 Å². The molecule has 0 aliphatic heterocycles. The van der Waals surface area contributed by atoms with Crippen LogP contribution in [0.1, 0.15) is 27.0 Å². The average molecular weight is 446 g/mol. The van der Waals surface area contributed by atoms with E-state index in [9.17, 15) is 4.79 Å². The van der Waals surface area contributed by atoms with E-state index < -0.39 is 5.25 Å². The number of benzene rings is 3. The van der Waals surface area contributed by atoms with E-state index in [0.29, 0.717) is 22.3 Å². The first-order valence-corrected chi connectivity index (χ1v) is 11.0. The van der Waals surface area contributed by atoms with Crippen LogP contribution in [0.2, 0.25) is 0 Å². The second-order valence-electron chi connectivity index (χ2n) is 7.06. The number of aromatic nitrogens is 3. The van der Waals surface area contributed by atoms with Crippen LogP contribution in [-0.2, 0) is 13.7 Å². The lowest BCUT2D eigenvalue weighted by Gasteiger charge is -2.16. The molecule has 32 heavy (non-hydrogen) atoms. The molecule has 1 aromatic heterocycles. The van der Waals surface area contributed by atoms with Crippen LogP contribution in [0.25, 0.3) is 0 Å². The summed E-state index contributed by atoms with van der Waals surface area (Å²) in [5.74, 6) is 2.18.